The Kier molecular flexibility index (Phi) is 17.3. The molecule has 1 fully saturated rings. The molecule has 12 nitrogen and oxygen atoms in total. The molecular weight excluding hydrogens is 684 g/mol. The zero-order valence-corrected chi connectivity index (χ0v) is 32.4. The molecule has 12 heteroatoms. The van der Waals surface area contributed by atoms with Crippen LogP contribution in [-0.4, -0.2) is 130 Å². The summed E-state index contributed by atoms with van der Waals surface area (Å²) in [6.07, 6.45) is 4.88. The highest BCUT2D eigenvalue weighted by molar-refractivity contribution is 5.94. The van der Waals surface area contributed by atoms with Crippen LogP contribution in [0.25, 0.3) is 11.1 Å². The minimum atomic E-state index is -0.435. The number of hydrogen-bond donors (Lipinski definition) is 2. The molecule has 3 aromatic rings. The van der Waals surface area contributed by atoms with Crippen LogP contribution in [0.3, 0.4) is 0 Å². The van der Waals surface area contributed by atoms with Gasteiger partial charge in [-0.25, -0.2) is 4.79 Å². The van der Waals surface area contributed by atoms with Gasteiger partial charge in [-0.2, -0.15) is 0 Å². The third-order valence-electron chi connectivity index (χ3n) is 9.79. The summed E-state index contributed by atoms with van der Waals surface area (Å²) >= 11 is 0. The molecule has 0 atom stereocenters. The number of para-hydroxylation sites is 1. The molecule has 0 radical (unpaired) electrons. The van der Waals surface area contributed by atoms with Crippen molar-refractivity contribution in [2.24, 2.45) is 0 Å². The van der Waals surface area contributed by atoms with Gasteiger partial charge < -0.3 is 34.4 Å². The summed E-state index contributed by atoms with van der Waals surface area (Å²) in [5.41, 5.74) is 4.28. The van der Waals surface area contributed by atoms with Crippen molar-refractivity contribution in [2.45, 2.75) is 51.0 Å². The Morgan fingerprint density at radius 1 is 0.741 bits per heavy atom. The summed E-state index contributed by atoms with van der Waals surface area (Å²) in [5, 5.41) is 6.33. The number of hydrogen-bond acceptors (Lipinski definition) is 8. The number of amides is 4. The summed E-state index contributed by atoms with van der Waals surface area (Å²) in [4.78, 5) is 57.6. The summed E-state index contributed by atoms with van der Waals surface area (Å²) < 4.78 is 10.7. The molecule has 54 heavy (non-hydrogen) atoms. The second-order valence-corrected chi connectivity index (χ2v) is 13.9. The van der Waals surface area contributed by atoms with Crippen LogP contribution in [0, 0.1) is 0 Å². The third kappa shape index (κ3) is 13.8. The Labute approximate surface area is 320 Å². The molecule has 0 bridgehead atoms. The number of rotatable bonds is 20. The molecule has 0 aliphatic carbocycles. The van der Waals surface area contributed by atoms with Crippen LogP contribution in [0.1, 0.15) is 55.3 Å². The predicted molar refractivity (Wildman–Crippen MR) is 214 cm³/mol. The first kappa shape index (κ1) is 41.8. The zero-order valence-electron chi connectivity index (χ0n) is 32.4. The zero-order chi connectivity index (χ0) is 38.7. The molecule has 3 aromatic carbocycles. The number of piperidine rings is 1. The van der Waals surface area contributed by atoms with E-state index in [2.05, 4.69) is 15.5 Å². The van der Waals surface area contributed by atoms with Gasteiger partial charge in [-0.3, -0.25) is 19.7 Å². The van der Waals surface area contributed by atoms with E-state index < -0.39 is 6.09 Å². The standard InChI is InChI=1S/C42H58N6O6/c1-45(40(50)32-53-4)26-13-27-47(3)41(51)34-19-21-35(22-20-34)43-25-12-6-9-18-39(49)46(2)30-31-48-28-23-36(24-29-48)54-42(52)44-38-17-11-10-16-37(38)33-14-7-5-8-15-33/h5,7-8,10-11,14-17,19-22,36,43H,6,9,12-13,18,23-32H2,1-4H3,(H,44,52). The molecule has 1 heterocycles. The van der Waals surface area contributed by atoms with Crippen molar-refractivity contribution in [2.75, 3.05) is 91.3 Å². The van der Waals surface area contributed by atoms with E-state index >= 15 is 0 Å². The van der Waals surface area contributed by atoms with E-state index in [4.69, 9.17) is 9.47 Å². The molecule has 292 valence electrons. The van der Waals surface area contributed by atoms with Gasteiger partial charge in [-0.15, -0.1) is 0 Å². The maximum absolute atomic E-state index is 12.8. The molecule has 1 aliphatic heterocycles. The van der Waals surface area contributed by atoms with Crippen molar-refractivity contribution < 1.29 is 28.7 Å². The van der Waals surface area contributed by atoms with Gasteiger partial charge in [0.15, 0.2) is 0 Å². The quantitative estimate of drug-likeness (QED) is 0.134. The van der Waals surface area contributed by atoms with Gasteiger partial charge in [0.25, 0.3) is 5.91 Å². The second kappa shape index (κ2) is 22.3. The molecular formula is C42H58N6O6. The Morgan fingerprint density at radius 3 is 2.13 bits per heavy atom. The van der Waals surface area contributed by atoms with Crippen LogP contribution < -0.4 is 10.6 Å². The van der Waals surface area contributed by atoms with Gasteiger partial charge in [0.2, 0.25) is 11.8 Å². The van der Waals surface area contributed by atoms with Crippen molar-refractivity contribution in [3.05, 3.63) is 84.4 Å². The Bertz CT molecular complexity index is 1610. The van der Waals surface area contributed by atoms with E-state index in [-0.39, 0.29) is 30.4 Å². The molecule has 0 unspecified atom stereocenters. The summed E-state index contributed by atoms with van der Waals surface area (Å²) in [6.45, 7) is 5.06. The van der Waals surface area contributed by atoms with Crippen LogP contribution in [-0.2, 0) is 19.1 Å². The second-order valence-electron chi connectivity index (χ2n) is 13.9. The first-order chi connectivity index (χ1) is 26.1. The Hall–Kier alpha value is -4.94. The maximum atomic E-state index is 12.8. The number of nitrogens with one attached hydrogen (secondary N) is 2. The number of carbonyl (C=O) groups excluding carboxylic acids is 4. The van der Waals surface area contributed by atoms with E-state index in [0.717, 1.165) is 80.8 Å². The number of benzene rings is 3. The number of ether oxygens (including phenoxy) is 2. The Morgan fingerprint density at radius 2 is 1.41 bits per heavy atom. The first-order valence-corrected chi connectivity index (χ1v) is 19.0. The van der Waals surface area contributed by atoms with Crippen molar-refractivity contribution in [3.8, 4) is 11.1 Å². The van der Waals surface area contributed by atoms with E-state index in [1.165, 1.54) is 7.11 Å². The normalized spacial score (nSPS) is 13.2. The number of likely N-dealkylation sites (tertiary alicyclic amines) is 1. The highest BCUT2D eigenvalue weighted by atomic mass is 16.6. The van der Waals surface area contributed by atoms with Gasteiger partial charge in [0.1, 0.15) is 12.7 Å². The fraction of sp³-hybridized carbons (Fsp3) is 0.476. The highest BCUT2D eigenvalue weighted by Crippen LogP contribution is 2.28. The van der Waals surface area contributed by atoms with Crippen molar-refractivity contribution in [1.82, 2.24) is 19.6 Å². The van der Waals surface area contributed by atoms with Crippen LogP contribution in [0.4, 0.5) is 16.2 Å². The summed E-state index contributed by atoms with van der Waals surface area (Å²) in [5.74, 6) is 0.0235. The average molecular weight is 743 g/mol. The SMILES string of the molecule is COCC(=O)N(C)CCCN(C)C(=O)c1ccc(NCCCCCC(=O)N(C)CCN2CCC(OC(=O)Nc3ccccc3-c3ccccc3)CC2)cc1. The summed E-state index contributed by atoms with van der Waals surface area (Å²) in [7, 11) is 6.87. The molecule has 0 aromatic heterocycles. The fourth-order valence-electron chi connectivity index (χ4n) is 6.38. The molecule has 1 aliphatic rings. The number of carbonyl (C=O) groups is 4. The van der Waals surface area contributed by atoms with Crippen molar-refractivity contribution in [1.29, 1.82) is 0 Å². The topological polar surface area (TPSA) is 124 Å². The van der Waals surface area contributed by atoms with Crippen molar-refractivity contribution >= 4 is 35.2 Å². The molecule has 2 N–H and O–H groups in total. The lowest BCUT2D eigenvalue weighted by Crippen LogP contribution is -2.42. The van der Waals surface area contributed by atoms with Crippen molar-refractivity contribution in [3.63, 3.8) is 0 Å². The number of likely N-dealkylation sites (N-methyl/N-ethyl adjacent to an activating group) is 2. The van der Waals surface area contributed by atoms with E-state index in [9.17, 15) is 19.2 Å². The third-order valence-corrected chi connectivity index (χ3v) is 9.79. The molecule has 4 rings (SSSR count). The molecule has 0 saturated carbocycles. The number of anilines is 2. The lowest BCUT2D eigenvalue weighted by molar-refractivity contribution is -0.134. The van der Waals surface area contributed by atoms with Gasteiger partial charge in [0, 0.05) is 97.3 Å². The van der Waals surface area contributed by atoms with Crippen LogP contribution in [0.15, 0.2) is 78.9 Å². The molecule has 1 saturated heterocycles. The molecule has 0 spiro atoms. The smallest absolute Gasteiger partial charge is 0.411 e. The maximum Gasteiger partial charge on any atom is 0.411 e. The number of methoxy groups -OCH3 is 1. The fourth-order valence-corrected chi connectivity index (χ4v) is 6.38. The van der Waals surface area contributed by atoms with Crippen LogP contribution in [0.2, 0.25) is 0 Å². The lowest BCUT2D eigenvalue weighted by atomic mass is 10.0. The van der Waals surface area contributed by atoms with E-state index in [0.29, 0.717) is 38.0 Å². The van der Waals surface area contributed by atoms with Crippen LogP contribution in [0.5, 0.6) is 0 Å². The minimum absolute atomic E-state index is 0.0556. The van der Waals surface area contributed by atoms with E-state index in [1.54, 1.807) is 23.9 Å². The van der Waals surface area contributed by atoms with E-state index in [1.807, 2.05) is 90.8 Å². The number of nitrogens with zero attached hydrogens (tertiary/aromatic N) is 4. The monoisotopic (exact) mass is 742 g/mol. The Balaban J connectivity index is 1.03. The highest BCUT2D eigenvalue weighted by Gasteiger charge is 2.23. The average Bonchev–Trinajstić information content (AvgIpc) is 3.19. The van der Waals surface area contributed by atoms with Gasteiger partial charge in [0.05, 0.1) is 5.69 Å². The molecule has 4 amide bonds. The van der Waals surface area contributed by atoms with Gasteiger partial charge in [-0.1, -0.05) is 55.0 Å². The minimum Gasteiger partial charge on any atom is -0.446 e. The summed E-state index contributed by atoms with van der Waals surface area (Å²) in [6, 6.07) is 25.2. The first-order valence-electron chi connectivity index (χ1n) is 19.0. The largest absolute Gasteiger partial charge is 0.446 e. The number of unbranched alkanes of at least 4 members (excludes halogenated alkanes) is 2. The predicted octanol–water partition coefficient (Wildman–Crippen LogP) is 6.06. The lowest BCUT2D eigenvalue weighted by Gasteiger charge is -2.32. The van der Waals surface area contributed by atoms with Gasteiger partial charge >= 0.3 is 6.09 Å². The van der Waals surface area contributed by atoms with Gasteiger partial charge in [-0.05, 0) is 68.0 Å². The van der Waals surface area contributed by atoms with Crippen LogP contribution >= 0.6 is 0 Å².